The van der Waals surface area contributed by atoms with Crippen LogP contribution in [0.3, 0.4) is 0 Å². The monoisotopic (exact) mass is 274 g/mol. The van der Waals surface area contributed by atoms with Gasteiger partial charge in [-0.1, -0.05) is 37.3 Å². The molecule has 2 aromatic carbocycles. The Morgan fingerprint density at radius 1 is 1.11 bits per heavy atom. The van der Waals surface area contributed by atoms with Gasteiger partial charge in [0.25, 0.3) is 0 Å². The van der Waals surface area contributed by atoms with Crippen LogP contribution in [0, 0.1) is 0 Å². The maximum absolute atomic E-state index is 11.6. The van der Waals surface area contributed by atoms with Crippen LogP contribution in [0.2, 0.25) is 0 Å². The van der Waals surface area contributed by atoms with Crippen LogP contribution in [-0.4, -0.2) is 5.78 Å². The predicted octanol–water partition coefficient (Wildman–Crippen LogP) is 4.74. The van der Waals surface area contributed by atoms with Crippen LogP contribution in [0.15, 0.2) is 54.6 Å². The van der Waals surface area contributed by atoms with Gasteiger partial charge in [0.2, 0.25) is 0 Å². The topological polar surface area (TPSA) is 26.3 Å². The van der Waals surface area contributed by atoms with Crippen molar-refractivity contribution < 1.29 is 9.53 Å². The number of halogens is 1. The predicted molar refractivity (Wildman–Crippen MR) is 76.9 cm³/mol. The lowest BCUT2D eigenvalue weighted by Gasteiger charge is -2.10. The van der Waals surface area contributed by atoms with E-state index in [1.165, 1.54) is 0 Å². The molecule has 0 spiro atoms. The summed E-state index contributed by atoms with van der Waals surface area (Å²) in [4.78, 5) is 11.6. The molecule has 0 fully saturated rings. The molecule has 0 bridgehead atoms. The zero-order chi connectivity index (χ0) is 13.7. The number of carbonyl (C=O) groups is 1. The summed E-state index contributed by atoms with van der Waals surface area (Å²) in [6.45, 7) is 1.81. The van der Waals surface area contributed by atoms with Gasteiger partial charge in [0.1, 0.15) is 16.9 Å². The lowest BCUT2D eigenvalue weighted by atomic mass is 10.1. The van der Waals surface area contributed by atoms with Crippen molar-refractivity contribution in [3.05, 3.63) is 60.2 Å². The molecule has 0 aliphatic heterocycles. The molecule has 0 saturated carbocycles. The molecular formula is C16H15ClO2. The molecule has 19 heavy (non-hydrogen) atoms. The minimum absolute atomic E-state index is 0.0125. The third-order valence-corrected chi connectivity index (χ3v) is 3.26. The number of rotatable bonds is 5. The van der Waals surface area contributed by atoms with Gasteiger partial charge < -0.3 is 4.74 Å². The molecule has 1 unspecified atom stereocenters. The lowest BCUT2D eigenvalue weighted by molar-refractivity contribution is -0.118. The van der Waals surface area contributed by atoms with Gasteiger partial charge in [-0.15, -0.1) is 11.6 Å². The first kappa shape index (κ1) is 13.6. The molecule has 0 radical (unpaired) electrons. The van der Waals surface area contributed by atoms with Crippen molar-refractivity contribution in [2.24, 2.45) is 0 Å². The van der Waals surface area contributed by atoms with E-state index in [9.17, 15) is 4.79 Å². The van der Waals surface area contributed by atoms with E-state index in [1.807, 2.05) is 55.5 Å². The molecule has 2 rings (SSSR count). The normalized spacial score (nSPS) is 11.9. The van der Waals surface area contributed by atoms with Gasteiger partial charge in [-0.3, -0.25) is 4.79 Å². The fourth-order valence-corrected chi connectivity index (χ4v) is 2.02. The van der Waals surface area contributed by atoms with E-state index in [0.29, 0.717) is 12.2 Å². The second-order valence-electron chi connectivity index (χ2n) is 4.17. The van der Waals surface area contributed by atoms with Crippen molar-refractivity contribution in [3.63, 3.8) is 0 Å². The molecule has 0 aromatic heterocycles. The SMILES string of the molecule is CCC(=O)C(Cl)c1cccc(Oc2ccccc2)c1. The number of hydrogen-bond donors (Lipinski definition) is 0. The van der Waals surface area contributed by atoms with Gasteiger partial charge >= 0.3 is 0 Å². The number of ketones is 1. The van der Waals surface area contributed by atoms with E-state index in [-0.39, 0.29) is 5.78 Å². The smallest absolute Gasteiger partial charge is 0.154 e. The second-order valence-corrected chi connectivity index (χ2v) is 4.61. The van der Waals surface area contributed by atoms with Crippen molar-refractivity contribution in [1.29, 1.82) is 0 Å². The van der Waals surface area contributed by atoms with Crippen LogP contribution >= 0.6 is 11.6 Å². The van der Waals surface area contributed by atoms with Gasteiger partial charge in [-0.2, -0.15) is 0 Å². The van der Waals surface area contributed by atoms with Crippen LogP contribution in [0.4, 0.5) is 0 Å². The zero-order valence-electron chi connectivity index (χ0n) is 10.7. The zero-order valence-corrected chi connectivity index (χ0v) is 11.4. The Kier molecular flexibility index (Phi) is 4.58. The lowest BCUT2D eigenvalue weighted by Crippen LogP contribution is -2.04. The molecule has 0 aliphatic rings. The van der Waals surface area contributed by atoms with Crippen molar-refractivity contribution in [1.82, 2.24) is 0 Å². The van der Waals surface area contributed by atoms with E-state index in [4.69, 9.17) is 16.3 Å². The van der Waals surface area contributed by atoms with Gasteiger partial charge in [0, 0.05) is 6.42 Å². The van der Waals surface area contributed by atoms with E-state index >= 15 is 0 Å². The molecule has 0 heterocycles. The first-order chi connectivity index (χ1) is 9.20. The number of Topliss-reactive ketones (excluding diaryl/α,β-unsaturated/α-hetero) is 1. The summed E-state index contributed by atoms with van der Waals surface area (Å²) in [7, 11) is 0. The highest BCUT2D eigenvalue weighted by Gasteiger charge is 2.16. The molecule has 2 aromatic rings. The Bertz CT molecular complexity index is 552. The maximum Gasteiger partial charge on any atom is 0.154 e. The Balaban J connectivity index is 2.18. The highest BCUT2D eigenvalue weighted by molar-refractivity contribution is 6.31. The standard InChI is InChI=1S/C16H15ClO2/c1-2-15(18)16(17)12-7-6-10-14(11-12)19-13-8-4-3-5-9-13/h3-11,16H,2H2,1H3. The summed E-state index contributed by atoms with van der Waals surface area (Å²) in [6.07, 6.45) is 0.429. The van der Waals surface area contributed by atoms with E-state index in [1.54, 1.807) is 6.07 Å². The number of ether oxygens (including phenoxy) is 1. The molecule has 98 valence electrons. The Morgan fingerprint density at radius 2 is 1.79 bits per heavy atom. The van der Waals surface area contributed by atoms with Crippen molar-refractivity contribution in [2.45, 2.75) is 18.7 Å². The van der Waals surface area contributed by atoms with Crippen LogP contribution < -0.4 is 4.74 Å². The molecule has 3 heteroatoms. The van der Waals surface area contributed by atoms with Crippen LogP contribution in [0.1, 0.15) is 24.3 Å². The minimum Gasteiger partial charge on any atom is -0.457 e. The fraction of sp³-hybridized carbons (Fsp3) is 0.188. The quantitative estimate of drug-likeness (QED) is 0.736. The van der Waals surface area contributed by atoms with Crippen molar-refractivity contribution in [2.75, 3.05) is 0 Å². The second kappa shape index (κ2) is 6.39. The number of carbonyl (C=O) groups excluding carboxylic acids is 1. The molecule has 0 aliphatic carbocycles. The molecule has 0 saturated heterocycles. The van der Waals surface area contributed by atoms with Crippen molar-refractivity contribution >= 4 is 17.4 Å². The maximum atomic E-state index is 11.6. The summed E-state index contributed by atoms with van der Waals surface area (Å²) >= 11 is 6.13. The first-order valence-electron chi connectivity index (χ1n) is 6.20. The Morgan fingerprint density at radius 3 is 2.47 bits per heavy atom. The average Bonchev–Trinajstić information content (AvgIpc) is 2.47. The van der Waals surface area contributed by atoms with Gasteiger partial charge in [0.05, 0.1) is 0 Å². The highest BCUT2D eigenvalue weighted by Crippen LogP contribution is 2.28. The summed E-state index contributed by atoms with van der Waals surface area (Å²) in [5.74, 6) is 1.45. The minimum atomic E-state index is -0.607. The van der Waals surface area contributed by atoms with Gasteiger partial charge in [0.15, 0.2) is 5.78 Å². The summed E-state index contributed by atoms with van der Waals surface area (Å²) in [6, 6.07) is 16.8. The molecule has 0 N–H and O–H groups in total. The third-order valence-electron chi connectivity index (χ3n) is 2.76. The Hall–Kier alpha value is -1.80. The molecule has 1 atom stereocenters. The fourth-order valence-electron chi connectivity index (χ4n) is 1.73. The van der Waals surface area contributed by atoms with Gasteiger partial charge in [-0.25, -0.2) is 0 Å². The van der Waals surface area contributed by atoms with Crippen LogP contribution in [-0.2, 0) is 4.79 Å². The summed E-state index contributed by atoms with van der Waals surface area (Å²) in [5.41, 5.74) is 0.766. The largest absolute Gasteiger partial charge is 0.457 e. The number of alkyl halides is 1. The molecule has 2 nitrogen and oxygen atoms in total. The number of hydrogen-bond acceptors (Lipinski definition) is 2. The first-order valence-corrected chi connectivity index (χ1v) is 6.64. The highest BCUT2D eigenvalue weighted by atomic mass is 35.5. The van der Waals surface area contributed by atoms with Crippen molar-refractivity contribution in [3.8, 4) is 11.5 Å². The van der Waals surface area contributed by atoms with E-state index in [2.05, 4.69) is 0 Å². The summed E-state index contributed by atoms with van der Waals surface area (Å²) in [5, 5.41) is -0.607. The third kappa shape index (κ3) is 3.58. The van der Waals surface area contributed by atoms with Crippen LogP contribution in [0.5, 0.6) is 11.5 Å². The van der Waals surface area contributed by atoms with Gasteiger partial charge in [-0.05, 0) is 29.8 Å². The average molecular weight is 275 g/mol. The molecule has 0 amide bonds. The molecular weight excluding hydrogens is 260 g/mol. The van der Waals surface area contributed by atoms with E-state index in [0.717, 1.165) is 11.3 Å². The number of para-hydroxylation sites is 1. The van der Waals surface area contributed by atoms with Crippen LogP contribution in [0.25, 0.3) is 0 Å². The Labute approximate surface area is 118 Å². The van der Waals surface area contributed by atoms with E-state index < -0.39 is 5.38 Å². The number of benzene rings is 2. The summed E-state index contributed by atoms with van der Waals surface area (Å²) < 4.78 is 5.71.